The Morgan fingerprint density at radius 2 is 0.897 bits per heavy atom. The molecule has 17 rings (SSSR count). The van der Waals surface area contributed by atoms with Crippen LogP contribution in [0.5, 0.6) is 23.0 Å². The van der Waals surface area contributed by atoms with E-state index in [0.717, 1.165) is 103 Å². The molecular formula is C87H100ClN9O19. The second kappa shape index (κ2) is 36.6. The van der Waals surface area contributed by atoms with Crippen LogP contribution < -0.4 is 29.6 Å². The average Bonchev–Trinajstić information content (AvgIpc) is 1.64. The highest BCUT2D eigenvalue weighted by molar-refractivity contribution is 6.11. The lowest BCUT2D eigenvalue weighted by atomic mass is 9.92. The van der Waals surface area contributed by atoms with E-state index in [2.05, 4.69) is 15.7 Å². The number of rotatable bonds is 16. The van der Waals surface area contributed by atoms with Crippen LogP contribution in [0.4, 0.5) is 4.79 Å². The number of benzene rings is 5. The number of nitrogens with zero attached hydrogens (tertiary/aromatic N) is 7. The number of hydrogen-bond acceptors (Lipinski definition) is 21. The SMILES string of the molecule is CC(C)(C)OC(=O)N1CCC(COc2cccc3c2CN(C2CCC(=O)CC2=O)C3=O)CC1.Cl.Cn1nc(COc2cccc3c2CN(C2CCC(=O)NC2=O)C3=O)c2ccccc21.O=C1CCC(N2Cc3c(OCC4CCCOC4)cccc3C2=O)C(=O)C1.O=C1CCC(N2Cc3c(OCC4CCNCC4)cccc3C2=O)C(=O)C1. The predicted octanol–water partition coefficient (Wildman–Crippen LogP) is 9.54. The normalized spacial score (nSPS) is 22.3. The first-order valence-electron chi connectivity index (χ1n) is 40.3. The average molecular weight is 1610 g/mol. The molecule has 5 atom stereocenters. The van der Waals surface area contributed by atoms with E-state index in [0.29, 0.717) is 161 Å². The lowest BCUT2D eigenvalue weighted by Crippen LogP contribution is -2.52. The Morgan fingerprint density at radius 1 is 0.483 bits per heavy atom. The van der Waals surface area contributed by atoms with Crippen molar-refractivity contribution in [2.24, 2.45) is 24.8 Å². The second-order valence-corrected chi connectivity index (χ2v) is 32.5. The van der Waals surface area contributed by atoms with Crippen molar-refractivity contribution in [2.75, 3.05) is 59.2 Å². The van der Waals surface area contributed by atoms with E-state index in [-0.39, 0.29) is 122 Å². The molecule has 614 valence electrons. The van der Waals surface area contributed by atoms with Gasteiger partial charge in [-0.2, -0.15) is 5.10 Å². The first-order chi connectivity index (χ1) is 55.4. The number of ether oxygens (including phenoxy) is 6. The summed E-state index contributed by atoms with van der Waals surface area (Å²) in [5.41, 5.74) is 6.93. The molecule has 6 aromatic rings. The number of imide groups is 1. The summed E-state index contributed by atoms with van der Waals surface area (Å²) < 4.78 is 37.1. The maximum absolute atomic E-state index is 13.0. The topological polar surface area (TPSA) is 335 Å². The lowest BCUT2D eigenvalue weighted by molar-refractivity contribution is -0.137. The minimum Gasteiger partial charge on any atom is -0.493 e. The van der Waals surface area contributed by atoms with Gasteiger partial charge in [-0.25, -0.2) is 4.79 Å². The molecule has 11 aliphatic rings. The van der Waals surface area contributed by atoms with Crippen molar-refractivity contribution in [3.63, 3.8) is 0 Å². The number of piperidine rings is 3. The molecule has 9 heterocycles. The number of aromatic nitrogens is 2. The maximum atomic E-state index is 13.0. The van der Waals surface area contributed by atoms with Crippen LogP contribution in [-0.4, -0.2) is 199 Å². The van der Waals surface area contributed by atoms with Gasteiger partial charge in [-0.1, -0.05) is 42.5 Å². The molecule has 29 heteroatoms. The summed E-state index contributed by atoms with van der Waals surface area (Å²) in [4.78, 5) is 167. The molecule has 0 bridgehead atoms. The fourth-order valence-corrected chi connectivity index (χ4v) is 17.2. The number of aryl methyl sites for hydroxylation is 1. The molecule has 28 nitrogen and oxygen atoms in total. The first kappa shape index (κ1) is 83.2. The molecule has 1 aromatic heterocycles. The summed E-state index contributed by atoms with van der Waals surface area (Å²) in [6.45, 7) is 13.8. The van der Waals surface area contributed by atoms with Crippen LogP contribution >= 0.6 is 12.4 Å². The van der Waals surface area contributed by atoms with E-state index in [1.54, 1.807) is 56.0 Å². The molecule has 4 saturated heterocycles. The van der Waals surface area contributed by atoms with Crippen molar-refractivity contribution < 1.29 is 90.8 Å². The van der Waals surface area contributed by atoms with Gasteiger partial charge in [0.25, 0.3) is 23.6 Å². The van der Waals surface area contributed by atoms with Crippen molar-refractivity contribution in [1.82, 2.24) is 44.9 Å². The largest absolute Gasteiger partial charge is 0.493 e. The fraction of sp³-hybridized carbons (Fsp3) is 0.494. The summed E-state index contributed by atoms with van der Waals surface area (Å²) in [6, 6.07) is 27.6. The zero-order valence-electron chi connectivity index (χ0n) is 66.0. The minimum atomic E-state index is -0.643. The van der Waals surface area contributed by atoms with Gasteiger partial charge < -0.3 is 58.2 Å². The number of halogens is 1. The molecule has 116 heavy (non-hydrogen) atoms. The summed E-state index contributed by atoms with van der Waals surface area (Å²) in [5.74, 6) is 1.99. The number of para-hydroxylation sites is 1. The zero-order chi connectivity index (χ0) is 80.8. The zero-order valence-corrected chi connectivity index (χ0v) is 66.8. The van der Waals surface area contributed by atoms with Crippen molar-refractivity contribution in [2.45, 2.75) is 192 Å². The fourth-order valence-electron chi connectivity index (χ4n) is 17.2. The van der Waals surface area contributed by atoms with Gasteiger partial charge in [0, 0.05) is 108 Å². The van der Waals surface area contributed by atoms with E-state index in [4.69, 9.17) is 28.4 Å². The molecule has 5 aromatic carbocycles. The summed E-state index contributed by atoms with van der Waals surface area (Å²) in [5, 5.41) is 11.2. The Hall–Kier alpha value is -10.7. The highest BCUT2D eigenvalue weighted by Gasteiger charge is 2.45. The van der Waals surface area contributed by atoms with Crippen molar-refractivity contribution in [3.8, 4) is 23.0 Å². The Labute approximate surface area is 678 Å². The molecule has 2 N–H and O–H groups in total. The number of ketones is 6. The van der Waals surface area contributed by atoms with Crippen LogP contribution in [0, 0.1) is 17.8 Å². The molecule has 8 aliphatic heterocycles. The van der Waals surface area contributed by atoms with E-state index >= 15 is 0 Å². The first-order valence-corrected chi connectivity index (χ1v) is 40.3. The Kier molecular flexibility index (Phi) is 26.3. The quantitative estimate of drug-likeness (QED) is 0.0672. The van der Waals surface area contributed by atoms with Gasteiger partial charge in [0.15, 0.2) is 17.3 Å². The molecular weight excluding hydrogens is 1510 g/mol. The number of Topliss-reactive ketones (excluding diaryl/α,β-unsaturated/α-hetero) is 6. The number of nitrogens with one attached hydrogen (secondary N) is 2. The monoisotopic (exact) mass is 1610 g/mol. The standard InChI is InChI=1S/C25H32N2O6.C22H20N4O4.C20H24N2O4.C20H23NO5.ClH/c1-25(2,3)33-24(31)26-11-9-16(10-12-26)15-32-22-6-4-5-18-19(22)14-27(23(18)30)20-8-7-17(28)13-21(20)29;1-25-17-7-3-2-5-14(17)16(24-25)12-30-19-8-4-6-13-15(19)11-26(22(13)29)18-9-10-20(27)23-21(18)28;23-14-4-5-17(18(24)10-14)22-11-16-15(20(22)25)2-1-3-19(16)26-12-13-6-8-21-9-7-13;22-14-6-7-17(18(23)9-14)21-10-16-15(20(21)24)4-1-5-19(16)26-12-13-3-2-8-25-11-13;/h4-6,16,20H,7-15H2,1-3H3;2-8,18H,9-12H2,1H3,(H,23,27,28);1-3,13,17,21H,4-12H2;1,4-5,13,17H,2-3,6-12H2;1H. The van der Waals surface area contributed by atoms with Gasteiger partial charge in [-0.15, -0.1) is 12.4 Å². The van der Waals surface area contributed by atoms with Crippen LogP contribution in [0.15, 0.2) is 97.1 Å². The van der Waals surface area contributed by atoms with Gasteiger partial charge in [0.2, 0.25) is 11.8 Å². The lowest BCUT2D eigenvalue weighted by Gasteiger charge is -2.33. The summed E-state index contributed by atoms with van der Waals surface area (Å²) in [6.07, 6.45) is 8.39. The van der Waals surface area contributed by atoms with E-state index < -0.39 is 35.7 Å². The van der Waals surface area contributed by atoms with Crippen LogP contribution in [0.25, 0.3) is 10.9 Å². The molecule has 5 unspecified atom stereocenters. The van der Waals surface area contributed by atoms with Gasteiger partial charge in [0.05, 0.1) is 95.5 Å². The molecule has 0 radical (unpaired) electrons. The second-order valence-electron chi connectivity index (χ2n) is 32.5. The number of fused-ring (bicyclic) bond motifs is 5. The summed E-state index contributed by atoms with van der Waals surface area (Å²) >= 11 is 0. The molecule has 3 aliphatic carbocycles. The summed E-state index contributed by atoms with van der Waals surface area (Å²) in [7, 11) is 1.89. The van der Waals surface area contributed by atoms with E-state index in [9.17, 15) is 62.3 Å². The molecule has 0 spiro atoms. The van der Waals surface area contributed by atoms with Crippen molar-refractivity contribution in [3.05, 3.63) is 147 Å². The van der Waals surface area contributed by atoms with Crippen LogP contribution in [-0.2, 0) is 87.7 Å². The predicted molar refractivity (Wildman–Crippen MR) is 423 cm³/mol. The van der Waals surface area contributed by atoms with Crippen LogP contribution in [0.1, 0.15) is 199 Å². The number of amides is 7. The third kappa shape index (κ3) is 18.9. The number of carbonyl (C=O) groups excluding carboxylic acids is 13. The third-order valence-corrected chi connectivity index (χ3v) is 23.4. The minimum absolute atomic E-state index is 0. The van der Waals surface area contributed by atoms with Gasteiger partial charge in [-0.05, 0) is 165 Å². The van der Waals surface area contributed by atoms with Gasteiger partial charge >= 0.3 is 6.09 Å². The smallest absolute Gasteiger partial charge is 0.410 e. The third-order valence-electron chi connectivity index (χ3n) is 23.4. The Morgan fingerprint density at radius 3 is 1.32 bits per heavy atom. The maximum Gasteiger partial charge on any atom is 0.410 e. The Bertz CT molecular complexity index is 4690. The molecule has 7 amide bonds. The van der Waals surface area contributed by atoms with Crippen LogP contribution in [0.2, 0.25) is 0 Å². The highest BCUT2D eigenvalue weighted by atomic mass is 35.5. The van der Waals surface area contributed by atoms with Gasteiger partial charge in [0.1, 0.15) is 64.3 Å². The molecule has 7 fully saturated rings. The number of carbonyl (C=O) groups is 13. The van der Waals surface area contributed by atoms with Crippen molar-refractivity contribution >= 4 is 99.5 Å². The van der Waals surface area contributed by atoms with Gasteiger partial charge in [-0.3, -0.25) is 67.5 Å². The van der Waals surface area contributed by atoms with Crippen molar-refractivity contribution in [1.29, 1.82) is 0 Å². The van der Waals surface area contributed by atoms with E-state index in [1.165, 1.54) is 4.90 Å². The van der Waals surface area contributed by atoms with Crippen LogP contribution in [0.3, 0.4) is 0 Å². The number of likely N-dealkylation sites (tertiary alicyclic amines) is 1. The van der Waals surface area contributed by atoms with E-state index in [1.807, 2.05) is 93.2 Å². The number of hydrogen-bond donors (Lipinski definition) is 2. The highest BCUT2D eigenvalue weighted by Crippen LogP contribution is 2.40. The molecule has 3 saturated carbocycles. The Balaban J connectivity index is 0.000000135.